The molecule has 16 heavy (non-hydrogen) atoms. The molecule has 1 aromatic rings. The second kappa shape index (κ2) is 4.85. The molecule has 0 radical (unpaired) electrons. The average Bonchev–Trinajstić information content (AvgIpc) is 2.72. The van der Waals surface area contributed by atoms with E-state index in [1.165, 1.54) is 5.56 Å². The van der Waals surface area contributed by atoms with Crippen LogP contribution in [0, 0.1) is 0 Å². The number of hydrogen-bond acceptors (Lipinski definition) is 3. The fourth-order valence-electron chi connectivity index (χ4n) is 1.88. The Hall–Kier alpha value is -1.06. The maximum absolute atomic E-state index is 10.00. The summed E-state index contributed by atoms with van der Waals surface area (Å²) in [5.74, 6) is 0.966. The van der Waals surface area contributed by atoms with Crippen molar-refractivity contribution < 1.29 is 9.84 Å². The summed E-state index contributed by atoms with van der Waals surface area (Å²) in [6, 6.07) is 6.34. The van der Waals surface area contributed by atoms with Gasteiger partial charge in [-0.1, -0.05) is 19.9 Å². The van der Waals surface area contributed by atoms with E-state index < -0.39 is 6.10 Å². The molecule has 1 aromatic carbocycles. The van der Waals surface area contributed by atoms with E-state index in [0.29, 0.717) is 12.6 Å². The largest absolute Gasteiger partial charge is 0.493 e. The predicted molar refractivity (Wildman–Crippen MR) is 63.7 cm³/mol. The standard InChI is InChI=1S/C13H19NO2/c1-9(2)14-8-12(15)10-3-4-13-11(7-10)5-6-16-13/h3-4,7,9,12,14-15H,5-6,8H2,1-2H3/t12-/m0/s1. The van der Waals surface area contributed by atoms with Crippen molar-refractivity contribution in [3.8, 4) is 5.75 Å². The van der Waals surface area contributed by atoms with Gasteiger partial charge in [0.25, 0.3) is 0 Å². The maximum Gasteiger partial charge on any atom is 0.122 e. The molecular formula is C13H19NO2. The van der Waals surface area contributed by atoms with E-state index in [1.54, 1.807) is 0 Å². The average molecular weight is 221 g/mol. The molecule has 0 unspecified atom stereocenters. The summed E-state index contributed by atoms with van der Waals surface area (Å²) in [7, 11) is 0. The van der Waals surface area contributed by atoms with Crippen LogP contribution >= 0.6 is 0 Å². The fourth-order valence-corrected chi connectivity index (χ4v) is 1.88. The number of benzene rings is 1. The first-order chi connectivity index (χ1) is 7.66. The Kier molecular flexibility index (Phi) is 3.46. The van der Waals surface area contributed by atoms with Crippen molar-refractivity contribution in [3.63, 3.8) is 0 Å². The van der Waals surface area contributed by atoms with Crippen LogP contribution in [0.2, 0.25) is 0 Å². The minimum absolute atomic E-state index is 0.396. The summed E-state index contributed by atoms with van der Waals surface area (Å²) >= 11 is 0. The predicted octanol–water partition coefficient (Wildman–Crippen LogP) is 1.65. The third-order valence-corrected chi connectivity index (χ3v) is 2.82. The van der Waals surface area contributed by atoms with Crippen molar-refractivity contribution in [2.75, 3.05) is 13.2 Å². The van der Waals surface area contributed by atoms with Gasteiger partial charge < -0.3 is 15.2 Å². The molecule has 0 fully saturated rings. The Morgan fingerprint density at radius 2 is 2.25 bits per heavy atom. The lowest BCUT2D eigenvalue weighted by molar-refractivity contribution is 0.171. The third-order valence-electron chi connectivity index (χ3n) is 2.82. The van der Waals surface area contributed by atoms with Crippen LogP contribution in [0.5, 0.6) is 5.75 Å². The van der Waals surface area contributed by atoms with E-state index in [1.807, 2.05) is 12.1 Å². The first kappa shape index (κ1) is 11.4. The van der Waals surface area contributed by atoms with Crippen LogP contribution < -0.4 is 10.1 Å². The summed E-state index contributed by atoms with van der Waals surface area (Å²) in [6.07, 6.45) is 0.515. The van der Waals surface area contributed by atoms with Gasteiger partial charge in [-0.15, -0.1) is 0 Å². The van der Waals surface area contributed by atoms with E-state index in [2.05, 4.69) is 25.2 Å². The van der Waals surface area contributed by atoms with Gasteiger partial charge in [-0.25, -0.2) is 0 Å². The summed E-state index contributed by atoms with van der Waals surface area (Å²) in [5, 5.41) is 13.2. The number of nitrogens with one attached hydrogen (secondary N) is 1. The van der Waals surface area contributed by atoms with Crippen molar-refractivity contribution in [1.82, 2.24) is 5.32 Å². The van der Waals surface area contributed by atoms with Gasteiger partial charge in [0.05, 0.1) is 12.7 Å². The summed E-state index contributed by atoms with van der Waals surface area (Å²) in [5.41, 5.74) is 2.18. The van der Waals surface area contributed by atoms with Crippen molar-refractivity contribution in [1.29, 1.82) is 0 Å². The molecule has 0 saturated carbocycles. The highest BCUT2D eigenvalue weighted by Gasteiger charge is 2.15. The Morgan fingerprint density at radius 1 is 1.44 bits per heavy atom. The molecular weight excluding hydrogens is 202 g/mol. The van der Waals surface area contributed by atoms with Gasteiger partial charge in [0.1, 0.15) is 5.75 Å². The molecule has 1 aliphatic heterocycles. The first-order valence-corrected chi connectivity index (χ1v) is 5.84. The quantitative estimate of drug-likeness (QED) is 0.812. The van der Waals surface area contributed by atoms with Gasteiger partial charge in [0.15, 0.2) is 0 Å². The second-order valence-corrected chi connectivity index (χ2v) is 4.54. The topological polar surface area (TPSA) is 41.5 Å². The molecule has 0 aliphatic carbocycles. The van der Waals surface area contributed by atoms with Gasteiger partial charge >= 0.3 is 0 Å². The van der Waals surface area contributed by atoms with Crippen LogP contribution in [0.3, 0.4) is 0 Å². The highest BCUT2D eigenvalue weighted by Crippen LogP contribution is 2.27. The van der Waals surface area contributed by atoms with Crippen molar-refractivity contribution in [3.05, 3.63) is 29.3 Å². The van der Waals surface area contributed by atoms with Gasteiger partial charge in [0, 0.05) is 19.0 Å². The molecule has 0 amide bonds. The third kappa shape index (κ3) is 2.54. The summed E-state index contributed by atoms with van der Waals surface area (Å²) < 4.78 is 5.43. The molecule has 1 heterocycles. The van der Waals surface area contributed by atoms with Crippen molar-refractivity contribution in [2.24, 2.45) is 0 Å². The number of aliphatic hydroxyl groups is 1. The number of fused-ring (bicyclic) bond motifs is 1. The smallest absolute Gasteiger partial charge is 0.122 e. The van der Waals surface area contributed by atoms with Crippen LogP contribution in [0.1, 0.15) is 31.1 Å². The van der Waals surface area contributed by atoms with Gasteiger partial charge in [-0.2, -0.15) is 0 Å². The zero-order valence-corrected chi connectivity index (χ0v) is 9.86. The molecule has 0 saturated heterocycles. The van der Waals surface area contributed by atoms with Gasteiger partial charge in [-0.3, -0.25) is 0 Å². The van der Waals surface area contributed by atoms with E-state index in [-0.39, 0.29) is 0 Å². The molecule has 88 valence electrons. The molecule has 1 aliphatic rings. The Morgan fingerprint density at radius 3 is 3.00 bits per heavy atom. The van der Waals surface area contributed by atoms with Gasteiger partial charge in [0.2, 0.25) is 0 Å². The van der Waals surface area contributed by atoms with Gasteiger partial charge in [-0.05, 0) is 23.3 Å². The Balaban J connectivity index is 2.03. The van der Waals surface area contributed by atoms with E-state index in [0.717, 1.165) is 24.3 Å². The Labute approximate surface area is 96.4 Å². The summed E-state index contributed by atoms with van der Waals surface area (Å²) in [4.78, 5) is 0. The molecule has 3 nitrogen and oxygen atoms in total. The molecule has 3 heteroatoms. The monoisotopic (exact) mass is 221 g/mol. The molecule has 0 spiro atoms. The van der Waals surface area contributed by atoms with E-state index in [9.17, 15) is 5.11 Å². The minimum Gasteiger partial charge on any atom is -0.493 e. The lowest BCUT2D eigenvalue weighted by atomic mass is 10.0. The minimum atomic E-state index is -0.437. The SMILES string of the molecule is CC(C)NC[C@H](O)c1ccc2c(c1)CCO2. The lowest BCUT2D eigenvalue weighted by Gasteiger charge is -2.15. The second-order valence-electron chi connectivity index (χ2n) is 4.54. The fraction of sp³-hybridized carbons (Fsp3) is 0.538. The molecule has 0 bridgehead atoms. The van der Waals surface area contributed by atoms with E-state index >= 15 is 0 Å². The maximum atomic E-state index is 10.00. The zero-order chi connectivity index (χ0) is 11.5. The Bertz CT molecular complexity index is 363. The van der Waals surface area contributed by atoms with Crippen LogP contribution in [0.15, 0.2) is 18.2 Å². The van der Waals surface area contributed by atoms with E-state index in [4.69, 9.17) is 4.74 Å². The molecule has 2 N–H and O–H groups in total. The summed E-state index contributed by atoms with van der Waals surface area (Å²) in [6.45, 7) is 5.50. The normalized spacial score (nSPS) is 16.0. The van der Waals surface area contributed by atoms with Crippen LogP contribution in [-0.4, -0.2) is 24.3 Å². The number of ether oxygens (including phenoxy) is 1. The number of hydrogen-bond donors (Lipinski definition) is 2. The molecule has 1 atom stereocenters. The van der Waals surface area contributed by atoms with Crippen molar-refractivity contribution >= 4 is 0 Å². The highest BCUT2D eigenvalue weighted by atomic mass is 16.5. The van der Waals surface area contributed by atoms with Crippen LogP contribution in [0.4, 0.5) is 0 Å². The van der Waals surface area contributed by atoms with Crippen LogP contribution in [0.25, 0.3) is 0 Å². The molecule has 0 aromatic heterocycles. The number of rotatable bonds is 4. The zero-order valence-electron chi connectivity index (χ0n) is 9.86. The molecule has 2 rings (SSSR count). The number of aliphatic hydroxyl groups excluding tert-OH is 1. The first-order valence-electron chi connectivity index (χ1n) is 5.84. The van der Waals surface area contributed by atoms with Crippen LogP contribution in [-0.2, 0) is 6.42 Å². The van der Waals surface area contributed by atoms with Crippen molar-refractivity contribution in [2.45, 2.75) is 32.4 Å². The lowest BCUT2D eigenvalue weighted by Crippen LogP contribution is -2.27. The highest BCUT2D eigenvalue weighted by molar-refractivity contribution is 5.40.